The van der Waals surface area contributed by atoms with Crippen LogP contribution in [0.1, 0.15) is 33.6 Å². The number of hydrogen-bond donors (Lipinski definition) is 3. The van der Waals surface area contributed by atoms with Gasteiger partial charge in [-0.2, -0.15) is 0 Å². The molecule has 3 N–H and O–H groups in total. The first-order valence-corrected chi connectivity index (χ1v) is 5.70. The molecule has 0 aromatic rings. The lowest BCUT2D eigenvalue weighted by molar-refractivity contribution is -0.141. The van der Waals surface area contributed by atoms with Gasteiger partial charge in [-0.1, -0.05) is 13.8 Å². The fourth-order valence-corrected chi connectivity index (χ4v) is 1.03. The van der Waals surface area contributed by atoms with E-state index in [0.29, 0.717) is 19.0 Å². The van der Waals surface area contributed by atoms with Gasteiger partial charge in [-0.25, -0.2) is 0 Å². The van der Waals surface area contributed by atoms with E-state index >= 15 is 0 Å². The van der Waals surface area contributed by atoms with Crippen molar-refractivity contribution < 1.29 is 14.7 Å². The molecule has 0 rings (SSSR count). The molecule has 2 atom stereocenters. The summed E-state index contributed by atoms with van der Waals surface area (Å²) < 4.78 is 0. The topological polar surface area (TPSA) is 78.4 Å². The second-order valence-electron chi connectivity index (χ2n) is 4.07. The van der Waals surface area contributed by atoms with Crippen LogP contribution in [0.15, 0.2) is 0 Å². The van der Waals surface area contributed by atoms with Crippen molar-refractivity contribution in [3.05, 3.63) is 0 Å². The molecular weight excluding hydrogens is 208 g/mol. The monoisotopic (exact) mass is 230 g/mol. The van der Waals surface area contributed by atoms with Crippen LogP contribution in [0.3, 0.4) is 0 Å². The van der Waals surface area contributed by atoms with E-state index in [1.807, 2.05) is 13.8 Å². The number of hydrogen-bond acceptors (Lipinski definition) is 3. The summed E-state index contributed by atoms with van der Waals surface area (Å²) >= 11 is 0. The number of carboxylic acid groups (broad SMARTS) is 1. The van der Waals surface area contributed by atoms with Crippen molar-refractivity contribution in [1.82, 2.24) is 10.6 Å². The zero-order chi connectivity index (χ0) is 12.6. The van der Waals surface area contributed by atoms with E-state index in [9.17, 15) is 9.59 Å². The van der Waals surface area contributed by atoms with Crippen LogP contribution in [-0.2, 0) is 9.59 Å². The van der Waals surface area contributed by atoms with Gasteiger partial charge < -0.3 is 15.7 Å². The molecule has 2 unspecified atom stereocenters. The number of carbonyl (C=O) groups is 2. The van der Waals surface area contributed by atoms with Crippen LogP contribution in [-0.4, -0.2) is 36.1 Å². The third-order valence-electron chi connectivity index (χ3n) is 2.54. The number of amides is 1. The standard InChI is InChI=1S/C11H22N2O3/c1-4-9(3)13-7-10(14)12-6-5-8(2)11(15)16/h8-9,13H,4-7H2,1-3H3,(H,12,14)(H,15,16). The minimum atomic E-state index is -0.827. The summed E-state index contributed by atoms with van der Waals surface area (Å²) in [7, 11) is 0. The molecule has 0 saturated heterocycles. The lowest BCUT2D eigenvalue weighted by Gasteiger charge is -2.11. The van der Waals surface area contributed by atoms with Crippen molar-refractivity contribution in [3.63, 3.8) is 0 Å². The van der Waals surface area contributed by atoms with Gasteiger partial charge in [-0.05, 0) is 19.8 Å². The van der Waals surface area contributed by atoms with Gasteiger partial charge in [-0.15, -0.1) is 0 Å². The fraction of sp³-hybridized carbons (Fsp3) is 0.818. The first kappa shape index (κ1) is 14.9. The van der Waals surface area contributed by atoms with Crippen LogP contribution in [0.2, 0.25) is 0 Å². The average molecular weight is 230 g/mol. The summed E-state index contributed by atoms with van der Waals surface area (Å²) in [6.07, 6.45) is 1.44. The van der Waals surface area contributed by atoms with Crippen molar-refractivity contribution in [2.45, 2.75) is 39.7 Å². The molecule has 94 valence electrons. The van der Waals surface area contributed by atoms with Crippen LogP contribution in [0, 0.1) is 5.92 Å². The SMILES string of the molecule is CCC(C)NCC(=O)NCCC(C)C(=O)O. The Balaban J connectivity index is 3.55. The van der Waals surface area contributed by atoms with E-state index in [1.165, 1.54) is 0 Å². The summed E-state index contributed by atoms with van der Waals surface area (Å²) in [6, 6.07) is 0.323. The largest absolute Gasteiger partial charge is 0.481 e. The van der Waals surface area contributed by atoms with Gasteiger partial charge in [-0.3, -0.25) is 9.59 Å². The summed E-state index contributed by atoms with van der Waals surface area (Å²) in [5.74, 6) is -1.33. The first-order chi connectivity index (χ1) is 7.47. The predicted molar refractivity (Wildman–Crippen MR) is 62.2 cm³/mol. The zero-order valence-corrected chi connectivity index (χ0v) is 10.2. The molecule has 0 spiro atoms. The Hall–Kier alpha value is -1.10. The number of carboxylic acids is 1. The Bertz CT molecular complexity index is 231. The molecule has 1 amide bonds. The van der Waals surface area contributed by atoms with Crippen molar-refractivity contribution in [3.8, 4) is 0 Å². The van der Waals surface area contributed by atoms with Gasteiger partial charge in [0.1, 0.15) is 0 Å². The Morgan fingerprint density at radius 1 is 1.31 bits per heavy atom. The molecule has 5 nitrogen and oxygen atoms in total. The van der Waals surface area contributed by atoms with Gasteiger partial charge in [0.2, 0.25) is 5.91 Å². The molecule has 0 aromatic heterocycles. The molecule has 0 aromatic carbocycles. The third kappa shape index (κ3) is 7.23. The molecule has 5 heteroatoms. The highest BCUT2D eigenvalue weighted by atomic mass is 16.4. The molecular formula is C11H22N2O3. The van der Waals surface area contributed by atoms with Gasteiger partial charge in [0.25, 0.3) is 0 Å². The zero-order valence-electron chi connectivity index (χ0n) is 10.2. The normalized spacial score (nSPS) is 14.2. The van der Waals surface area contributed by atoms with Crippen molar-refractivity contribution >= 4 is 11.9 Å². The number of carbonyl (C=O) groups excluding carboxylic acids is 1. The maximum Gasteiger partial charge on any atom is 0.306 e. The van der Waals surface area contributed by atoms with Crippen molar-refractivity contribution in [1.29, 1.82) is 0 Å². The third-order valence-corrected chi connectivity index (χ3v) is 2.54. The highest BCUT2D eigenvalue weighted by Gasteiger charge is 2.10. The van der Waals surface area contributed by atoms with Crippen LogP contribution in [0.4, 0.5) is 0 Å². The van der Waals surface area contributed by atoms with Gasteiger partial charge in [0.15, 0.2) is 0 Å². The van der Waals surface area contributed by atoms with Gasteiger partial charge in [0, 0.05) is 12.6 Å². The minimum absolute atomic E-state index is 0.0853. The van der Waals surface area contributed by atoms with Crippen LogP contribution < -0.4 is 10.6 Å². The summed E-state index contributed by atoms with van der Waals surface area (Å²) in [5, 5.41) is 14.4. The maximum atomic E-state index is 11.3. The van der Waals surface area contributed by atoms with E-state index < -0.39 is 11.9 Å². The van der Waals surface area contributed by atoms with Gasteiger partial charge in [0.05, 0.1) is 12.5 Å². The van der Waals surface area contributed by atoms with E-state index in [2.05, 4.69) is 10.6 Å². The summed E-state index contributed by atoms with van der Waals surface area (Å²) in [5.41, 5.74) is 0. The van der Waals surface area contributed by atoms with Crippen LogP contribution >= 0.6 is 0 Å². The summed E-state index contributed by atoms with van der Waals surface area (Å²) in [4.78, 5) is 21.8. The highest BCUT2D eigenvalue weighted by Crippen LogP contribution is 1.99. The number of aliphatic carboxylic acids is 1. The minimum Gasteiger partial charge on any atom is -0.481 e. The average Bonchev–Trinajstić information content (AvgIpc) is 2.25. The number of rotatable bonds is 8. The van der Waals surface area contributed by atoms with Crippen molar-refractivity contribution in [2.75, 3.05) is 13.1 Å². The van der Waals surface area contributed by atoms with E-state index in [0.717, 1.165) is 6.42 Å². The predicted octanol–water partition coefficient (Wildman–Crippen LogP) is 0.601. The molecule has 0 aliphatic carbocycles. The molecule has 0 bridgehead atoms. The summed E-state index contributed by atoms with van der Waals surface area (Å²) in [6.45, 7) is 6.39. The second-order valence-corrected chi connectivity index (χ2v) is 4.07. The first-order valence-electron chi connectivity index (χ1n) is 5.70. The molecule has 0 aliphatic rings. The molecule has 0 fully saturated rings. The Labute approximate surface area is 96.6 Å². The smallest absolute Gasteiger partial charge is 0.306 e. The fourth-order valence-electron chi connectivity index (χ4n) is 1.03. The Morgan fingerprint density at radius 2 is 1.94 bits per heavy atom. The maximum absolute atomic E-state index is 11.3. The molecule has 16 heavy (non-hydrogen) atoms. The molecule has 0 heterocycles. The Kier molecular flexibility index (Phi) is 7.54. The highest BCUT2D eigenvalue weighted by molar-refractivity contribution is 5.78. The van der Waals surface area contributed by atoms with Crippen molar-refractivity contribution in [2.24, 2.45) is 5.92 Å². The molecule has 0 aliphatic heterocycles. The quantitative estimate of drug-likeness (QED) is 0.570. The van der Waals surface area contributed by atoms with Crippen LogP contribution in [0.5, 0.6) is 0 Å². The second kappa shape index (κ2) is 8.10. The lowest BCUT2D eigenvalue weighted by atomic mass is 10.1. The lowest BCUT2D eigenvalue weighted by Crippen LogP contribution is -2.38. The van der Waals surface area contributed by atoms with Gasteiger partial charge >= 0.3 is 5.97 Å². The molecule has 0 saturated carbocycles. The number of nitrogens with one attached hydrogen (secondary N) is 2. The van der Waals surface area contributed by atoms with Crippen LogP contribution in [0.25, 0.3) is 0 Å². The van der Waals surface area contributed by atoms with E-state index in [4.69, 9.17) is 5.11 Å². The van der Waals surface area contributed by atoms with E-state index in [-0.39, 0.29) is 12.5 Å². The van der Waals surface area contributed by atoms with E-state index in [1.54, 1.807) is 6.92 Å². The molecule has 0 radical (unpaired) electrons. The Morgan fingerprint density at radius 3 is 2.44 bits per heavy atom.